The number of hydrogen-bond acceptors (Lipinski definition) is 2. The summed E-state index contributed by atoms with van der Waals surface area (Å²) in [5, 5.41) is 3.11. The minimum absolute atomic E-state index is 0.0187. The van der Waals surface area contributed by atoms with Gasteiger partial charge in [0.2, 0.25) is 0 Å². The van der Waals surface area contributed by atoms with Gasteiger partial charge in [0.05, 0.1) is 0 Å². The van der Waals surface area contributed by atoms with E-state index in [0.29, 0.717) is 17.9 Å². The Morgan fingerprint density at radius 1 is 1.26 bits per heavy atom. The average Bonchev–Trinajstić information content (AvgIpc) is 2.43. The average molecular weight is 261 g/mol. The maximum absolute atomic E-state index is 11.9. The molecule has 3 nitrogen and oxygen atoms in total. The molecule has 104 valence electrons. The quantitative estimate of drug-likeness (QED) is 0.904. The van der Waals surface area contributed by atoms with Crippen molar-refractivity contribution in [3.63, 3.8) is 0 Å². The van der Waals surface area contributed by atoms with Crippen molar-refractivity contribution in [3.8, 4) is 5.75 Å². The molecule has 1 fully saturated rings. The molecule has 1 amide bonds. The Kier molecular flexibility index (Phi) is 4.83. The zero-order valence-corrected chi connectivity index (χ0v) is 11.8. The smallest absolute Gasteiger partial charge is 0.258 e. The van der Waals surface area contributed by atoms with Gasteiger partial charge in [-0.15, -0.1) is 0 Å². The predicted octanol–water partition coefficient (Wildman–Crippen LogP) is 3.01. The van der Waals surface area contributed by atoms with E-state index >= 15 is 0 Å². The lowest BCUT2D eigenvalue weighted by Crippen LogP contribution is -2.45. The van der Waals surface area contributed by atoms with Crippen molar-refractivity contribution >= 4 is 5.91 Å². The Morgan fingerprint density at radius 2 is 2.00 bits per heavy atom. The van der Waals surface area contributed by atoms with Gasteiger partial charge in [0.25, 0.3) is 5.91 Å². The van der Waals surface area contributed by atoms with Crippen LogP contribution in [0.25, 0.3) is 0 Å². The first kappa shape index (κ1) is 13.9. The van der Waals surface area contributed by atoms with Gasteiger partial charge in [-0.3, -0.25) is 4.79 Å². The van der Waals surface area contributed by atoms with Crippen molar-refractivity contribution in [1.82, 2.24) is 5.32 Å². The lowest BCUT2D eigenvalue weighted by atomic mass is 9.78. The minimum Gasteiger partial charge on any atom is -0.484 e. The Morgan fingerprint density at radius 3 is 2.74 bits per heavy atom. The Hall–Kier alpha value is -1.51. The van der Waals surface area contributed by atoms with Gasteiger partial charge in [-0.1, -0.05) is 44.9 Å². The zero-order valence-electron chi connectivity index (χ0n) is 11.8. The van der Waals surface area contributed by atoms with Crippen molar-refractivity contribution in [2.75, 3.05) is 6.61 Å². The van der Waals surface area contributed by atoms with Crippen molar-refractivity contribution in [1.29, 1.82) is 0 Å². The highest BCUT2D eigenvalue weighted by Crippen LogP contribution is 2.29. The number of amides is 1. The lowest BCUT2D eigenvalue weighted by Gasteiger charge is -2.34. The molecule has 1 aliphatic carbocycles. The van der Waals surface area contributed by atoms with Crippen LogP contribution in [0, 0.1) is 11.8 Å². The van der Waals surface area contributed by atoms with E-state index in [-0.39, 0.29) is 12.5 Å². The summed E-state index contributed by atoms with van der Waals surface area (Å²) in [4.78, 5) is 11.9. The maximum Gasteiger partial charge on any atom is 0.258 e. The third kappa shape index (κ3) is 3.98. The highest BCUT2D eigenvalue weighted by molar-refractivity contribution is 5.77. The molecule has 19 heavy (non-hydrogen) atoms. The highest BCUT2D eigenvalue weighted by atomic mass is 16.5. The van der Waals surface area contributed by atoms with Gasteiger partial charge in [0.15, 0.2) is 6.61 Å². The molecule has 0 spiro atoms. The summed E-state index contributed by atoms with van der Waals surface area (Å²) < 4.78 is 5.46. The molecule has 0 aliphatic heterocycles. The fraction of sp³-hybridized carbons (Fsp3) is 0.562. The van der Waals surface area contributed by atoms with Crippen molar-refractivity contribution in [2.45, 2.75) is 39.2 Å². The monoisotopic (exact) mass is 261 g/mol. The Labute approximate surface area is 115 Å². The van der Waals surface area contributed by atoms with E-state index in [1.54, 1.807) is 0 Å². The van der Waals surface area contributed by atoms with Crippen LogP contribution >= 0.6 is 0 Å². The van der Waals surface area contributed by atoms with Crippen molar-refractivity contribution in [2.24, 2.45) is 11.8 Å². The summed E-state index contributed by atoms with van der Waals surface area (Å²) in [7, 11) is 0. The summed E-state index contributed by atoms with van der Waals surface area (Å²) in [6, 6.07) is 9.75. The number of ether oxygens (including phenoxy) is 1. The minimum atomic E-state index is -0.0187. The second-order valence-electron chi connectivity index (χ2n) is 5.54. The van der Waals surface area contributed by atoms with Gasteiger partial charge in [-0.2, -0.15) is 0 Å². The molecular weight excluding hydrogens is 238 g/mol. The van der Waals surface area contributed by atoms with E-state index in [0.717, 1.165) is 12.2 Å². The van der Waals surface area contributed by atoms with E-state index in [1.807, 2.05) is 30.3 Å². The van der Waals surface area contributed by atoms with Crippen LogP contribution in [0.4, 0.5) is 0 Å². The van der Waals surface area contributed by atoms with E-state index < -0.39 is 0 Å². The molecule has 0 aromatic heterocycles. The van der Waals surface area contributed by atoms with Gasteiger partial charge in [-0.05, 0) is 30.4 Å². The number of nitrogens with one attached hydrogen (secondary N) is 1. The summed E-state index contributed by atoms with van der Waals surface area (Å²) in [5.41, 5.74) is 0. The Balaban J connectivity index is 1.78. The van der Waals surface area contributed by atoms with E-state index in [2.05, 4.69) is 19.2 Å². The first-order valence-electron chi connectivity index (χ1n) is 7.14. The number of hydrogen-bond donors (Lipinski definition) is 1. The number of carbonyl (C=O) groups excluding carboxylic acids is 1. The van der Waals surface area contributed by atoms with Crippen LogP contribution in [0.3, 0.4) is 0 Å². The molecule has 3 heteroatoms. The van der Waals surface area contributed by atoms with Crippen LogP contribution in [0.2, 0.25) is 0 Å². The maximum atomic E-state index is 11.9. The molecule has 1 aromatic carbocycles. The van der Waals surface area contributed by atoms with Crippen LogP contribution in [-0.2, 0) is 4.79 Å². The predicted molar refractivity (Wildman–Crippen MR) is 76.0 cm³/mol. The molecule has 3 unspecified atom stereocenters. The lowest BCUT2D eigenvalue weighted by molar-refractivity contribution is -0.124. The zero-order chi connectivity index (χ0) is 13.7. The van der Waals surface area contributed by atoms with Gasteiger partial charge in [0.1, 0.15) is 5.75 Å². The largest absolute Gasteiger partial charge is 0.484 e. The third-order valence-electron chi connectivity index (χ3n) is 4.17. The van der Waals surface area contributed by atoms with E-state index in [9.17, 15) is 4.79 Å². The highest BCUT2D eigenvalue weighted by Gasteiger charge is 2.28. The van der Waals surface area contributed by atoms with Crippen molar-refractivity contribution < 1.29 is 9.53 Å². The molecule has 0 radical (unpaired) electrons. The molecule has 1 aliphatic rings. The molecule has 1 saturated carbocycles. The normalized spacial score (nSPS) is 26.7. The SMILES string of the molecule is CC1CCCC(NC(=O)COc2ccccc2)C1C. The second kappa shape index (κ2) is 6.60. The van der Waals surface area contributed by atoms with Gasteiger partial charge >= 0.3 is 0 Å². The molecular formula is C16H23NO2. The summed E-state index contributed by atoms with van der Waals surface area (Å²) >= 11 is 0. The van der Waals surface area contributed by atoms with Gasteiger partial charge in [0, 0.05) is 6.04 Å². The summed E-state index contributed by atoms with van der Waals surface area (Å²) in [6.07, 6.45) is 3.56. The van der Waals surface area contributed by atoms with Crippen LogP contribution in [0.5, 0.6) is 5.75 Å². The van der Waals surface area contributed by atoms with E-state index in [4.69, 9.17) is 4.74 Å². The van der Waals surface area contributed by atoms with E-state index in [1.165, 1.54) is 12.8 Å². The summed E-state index contributed by atoms with van der Waals surface area (Å²) in [6.45, 7) is 4.60. The molecule has 1 aromatic rings. The molecule has 0 saturated heterocycles. The molecule has 0 bridgehead atoms. The second-order valence-corrected chi connectivity index (χ2v) is 5.54. The number of benzene rings is 1. The first-order valence-corrected chi connectivity index (χ1v) is 7.14. The molecule has 3 atom stereocenters. The number of rotatable bonds is 4. The fourth-order valence-corrected chi connectivity index (χ4v) is 2.70. The Bertz CT molecular complexity index is 404. The standard InChI is InChI=1S/C16H23NO2/c1-12-7-6-10-15(13(12)2)17-16(18)11-19-14-8-4-3-5-9-14/h3-5,8-9,12-13,15H,6-7,10-11H2,1-2H3,(H,17,18). The fourth-order valence-electron chi connectivity index (χ4n) is 2.70. The molecule has 1 N–H and O–H groups in total. The van der Waals surface area contributed by atoms with Gasteiger partial charge in [-0.25, -0.2) is 0 Å². The molecule has 2 rings (SSSR count). The number of carbonyl (C=O) groups is 1. The van der Waals surface area contributed by atoms with Crippen LogP contribution in [0.15, 0.2) is 30.3 Å². The number of para-hydroxylation sites is 1. The van der Waals surface area contributed by atoms with Gasteiger partial charge < -0.3 is 10.1 Å². The van der Waals surface area contributed by atoms with Crippen LogP contribution < -0.4 is 10.1 Å². The third-order valence-corrected chi connectivity index (χ3v) is 4.17. The van der Waals surface area contributed by atoms with Crippen molar-refractivity contribution in [3.05, 3.63) is 30.3 Å². The van der Waals surface area contributed by atoms with Crippen LogP contribution in [0.1, 0.15) is 33.1 Å². The first-order chi connectivity index (χ1) is 9.16. The van der Waals surface area contributed by atoms with Crippen LogP contribution in [-0.4, -0.2) is 18.6 Å². The molecule has 0 heterocycles. The summed E-state index contributed by atoms with van der Waals surface area (Å²) in [5.74, 6) is 1.96. The topological polar surface area (TPSA) is 38.3 Å².